The lowest BCUT2D eigenvalue weighted by Crippen LogP contribution is -2.49. The molecule has 1 fully saturated rings. The molecule has 0 spiro atoms. The van der Waals surface area contributed by atoms with Gasteiger partial charge in [0.1, 0.15) is 5.54 Å². The van der Waals surface area contributed by atoms with Crippen LogP contribution in [0.5, 0.6) is 0 Å². The minimum atomic E-state index is -1.12. The molecule has 3 aromatic rings. The predicted molar refractivity (Wildman–Crippen MR) is 142 cm³/mol. The molecule has 1 unspecified atom stereocenters. The third-order valence-electron chi connectivity index (χ3n) is 6.97. The van der Waals surface area contributed by atoms with Crippen molar-refractivity contribution in [2.45, 2.75) is 31.2 Å². The number of piperidine rings is 1. The number of hydrogen-bond donors (Lipinski definition) is 1. The van der Waals surface area contributed by atoms with Crippen molar-refractivity contribution in [1.82, 2.24) is 4.90 Å². The van der Waals surface area contributed by atoms with Gasteiger partial charge >= 0.3 is 0 Å². The summed E-state index contributed by atoms with van der Waals surface area (Å²) in [6.07, 6.45) is 2.30. The summed E-state index contributed by atoms with van der Waals surface area (Å²) in [5, 5.41) is 0.881. The minimum absolute atomic E-state index is 0.0432. The highest BCUT2D eigenvalue weighted by molar-refractivity contribution is 6.42. The van der Waals surface area contributed by atoms with Gasteiger partial charge in [-0.1, -0.05) is 89.9 Å². The molecule has 0 amide bonds. The maximum absolute atomic E-state index is 13.5. The molecule has 0 radical (unpaired) electrons. The Kier molecular flexibility index (Phi) is 8.40. The summed E-state index contributed by atoms with van der Waals surface area (Å²) in [6, 6.07) is 24.3. The summed E-state index contributed by atoms with van der Waals surface area (Å²) in [5.74, 6) is 0.206. The summed E-state index contributed by atoms with van der Waals surface area (Å²) in [5.41, 5.74) is 8.11. The topological polar surface area (TPSA) is 63.4 Å². The molecule has 2 N–H and O–H groups in total. The summed E-state index contributed by atoms with van der Waals surface area (Å²) in [7, 11) is 0. The van der Waals surface area contributed by atoms with E-state index in [2.05, 4.69) is 4.90 Å². The molecular weight excluding hydrogens is 479 g/mol. The Hall–Kier alpha value is -2.50. The zero-order valence-corrected chi connectivity index (χ0v) is 21.1. The van der Waals surface area contributed by atoms with Crippen LogP contribution in [-0.2, 0) is 16.8 Å². The van der Waals surface area contributed by atoms with E-state index in [4.69, 9.17) is 28.9 Å². The standard InChI is InChI=1S/C29H30Cl2N2O2/c30-25-12-11-21(19-26(25)31)20-27(34)29(32,24-9-5-2-6-10-24)15-18-33-16-13-23(14-17-33)28(35)22-7-3-1-4-8-22/h1-12,19,23H,13-18,20,32H2. The molecule has 182 valence electrons. The summed E-state index contributed by atoms with van der Waals surface area (Å²) < 4.78 is 0. The quantitative estimate of drug-likeness (QED) is 0.363. The summed E-state index contributed by atoms with van der Waals surface area (Å²) in [4.78, 5) is 28.7. The highest BCUT2D eigenvalue weighted by Crippen LogP contribution is 2.29. The summed E-state index contributed by atoms with van der Waals surface area (Å²) in [6.45, 7) is 2.31. The van der Waals surface area contributed by atoms with Crippen LogP contribution in [0.1, 0.15) is 40.7 Å². The second-order valence-corrected chi connectivity index (χ2v) is 10.1. The van der Waals surface area contributed by atoms with Crippen LogP contribution >= 0.6 is 23.2 Å². The van der Waals surface area contributed by atoms with E-state index < -0.39 is 5.54 Å². The molecule has 0 saturated carbocycles. The van der Waals surface area contributed by atoms with Crippen LogP contribution in [0.3, 0.4) is 0 Å². The molecule has 1 atom stereocenters. The molecule has 1 aliphatic rings. The van der Waals surface area contributed by atoms with Crippen molar-refractivity contribution >= 4 is 34.8 Å². The van der Waals surface area contributed by atoms with Crippen molar-refractivity contribution in [2.24, 2.45) is 11.7 Å². The van der Waals surface area contributed by atoms with Gasteiger partial charge in [-0.3, -0.25) is 9.59 Å². The molecule has 0 aliphatic carbocycles. The van der Waals surface area contributed by atoms with Crippen molar-refractivity contribution < 1.29 is 9.59 Å². The maximum Gasteiger partial charge on any atom is 0.166 e. The second-order valence-electron chi connectivity index (χ2n) is 9.28. The van der Waals surface area contributed by atoms with E-state index in [0.717, 1.165) is 42.6 Å². The van der Waals surface area contributed by atoms with E-state index in [1.165, 1.54) is 0 Å². The number of halogens is 2. The zero-order valence-electron chi connectivity index (χ0n) is 19.6. The Labute approximate surface area is 217 Å². The van der Waals surface area contributed by atoms with E-state index in [1.54, 1.807) is 12.1 Å². The van der Waals surface area contributed by atoms with E-state index in [1.807, 2.05) is 66.7 Å². The first-order chi connectivity index (χ1) is 16.9. The van der Waals surface area contributed by atoms with Gasteiger partial charge in [-0.15, -0.1) is 0 Å². The Morgan fingerprint density at radius 3 is 2.14 bits per heavy atom. The number of Topliss-reactive ketones (excluding diaryl/α,β-unsaturated/α-hetero) is 2. The first-order valence-electron chi connectivity index (χ1n) is 12.0. The van der Waals surface area contributed by atoms with Gasteiger partial charge in [0.05, 0.1) is 10.0 Å². The minimum Gasteiger partial charge on any atom is -0.315 e. The number of carbonyl (C=O) groups excluding carboxylic acids is 2. The van der Waals surface area contributed by atoms with Crippen molar-refractivity contribution in [3.8, 4) is 0 Å². The molecular formula is C29H30Cl2N2O2. The van der Waals surface area contributed by atoms with E-state index in [0.29, 0.717) is 23.0 Å². The molecule has 1 saturated heterocycles. The average Bonchev–Trinajstić information content (AvgIpc) is 2.90. The van der Waals surface area contributed by atoms with Crippen LogP contribution in [0.4, 0.5) is 0 Å². The smallest absolute Gasteiger partial charge is 0.166 e. The molecule has 35 heavy (non-hydrogen) atoms. The fourth-order valence-corrected chi connectivity index (χ4v) is 5.09. The van der Waals surface area contributed by atoms with Crippen molar-refractivity contribution in [1.29, 1.82) is 0 Å². The number of likely N-dealkylation sites (tertiary alicyclic amines) is 1. The molecule has 1 heterocycles. The maximum atomic E-state index is 13.5. The van der Waals surface area contributed by atoms with Crippen LogP contribution in [0.2, 0.25) is 10.0 Å². The van der Waals surface area contributed by atoms with Crippen LogP contribution in [0.15, 0.2) is 78.9 Å². The summed E-state index contributed by atoms with van der Waals surface area (Å²) >= 11 is 12.2. The van der Waals surface area contributed by atoms with Crippen LogP contribution in [0, 0.1) is 5.92 Å². The number of hydrogen-bond acceptors (Lipinski definition) is 4. The third kappa shape index (κ3) is 6.20. The first kappa shape index (κ1) is 25.6. The largest absolute Gasteiger partial charge is 0.315 e. The van der Waals surface area contributed by atoms with Gasteiger partial charge in [0.2, 0.25) is 0 Å². The predicted octanol–water partition coefficient (Wildman–Crippen LogP) is 5.94. The Morgan fingerprint density at radius 2 is 1.51 bits per heavy atom. The highest BCUT2D eigenvalue weighted by atomic mass is 35.5. The third-order valence-corrected chi connectivity index (χ3v) is 7.71. The first-order valence-corrected chi connectivity index (χ1v) is 12.8. The van der Waals surface area contributed by atoms with Gasteiger partial charge in [-0.2, -0.15) is 0 Å². The van der Waals surface area contributed by atoms with Crippen LogP contribution in [-0.4, -0.2) is 36.1 Å². The lowest BCUT2D eigenvalue weighted by atomic mass is 9.80. The van der Waals surface area contributed by atoms with E-state index >= 15 is 0 Å². The van der Waals surface area contributed by atoms with E-state index in [9.17, 15) is 9.59 Å². The Balaban J connectivity index is 1.41. The van der Waals surface area contributed by atoms with Gasteiger partial charge in [-0.05, 0) is 55.6 Å². The van der Waals surface area contributed by atoms with Crippen molar-refractivity contribution in [3.05, 3.63) is 106 Å². The number of benzene rings is 3. The number of nitrogens with two attached hydrogens (primary N) is 1. The molecule has 0 aromatic heterocycles. The normalized spacial score (nSPS) is 16.5. The molecule has 0 bridgehead atoms. The number of rotatable bonds is 9. The number of carbonyl (C=O) groups is 2. The van der Waals surface area contributed by atoms with Crippen molar-refractivity contribution in [2.75, 3.05) is 19.6 Å². The van der Waals surface area contributed by atoms with Gasteiger partial charge in [0.25, 0.3) is 0 Å². The van der Waals surface area contributed by atoms with Gasteiger partial charge < -0.3 is 10.6 Å². The average molecular weight is 509 g/mol. The van der Waals surface area contributed by atoms with E-state index in [-0.39, 0.29) is 23.9 Å². The fraction of sp³-hybridized carbons (Fsp3) is 0.310. The van der Waals surface area contributed by atoms with Gasteiger partial charge in [-0.25, -0.2) is 0 Å². The fourth-order valence-electron chi connectivity index (χ4n) is 4.76. The Morgan fingerprint density at radius 1 is 0.886 bits per heavy atom. The molecule has 3 aromatic carbocycles. The molecule has 1 aliphatic heterocycles. The van der Waals surface area contributed by atoms with Crippen LogP contribution < -0.4 is 5.73 Å². The van der Waals surface area contributed by atoms with Gasteiger partial charge in [0, 0.05) is 24.4 Å². The number of nitrogens with zero attached hydrogens (tertiary/aromatic N) is 1. The van der Waals surface area contributed by atoms with Gasteiger partial charge in [0.15, 0.2) is 11.6 Å². The second kappa shape index (κ2) is 11.5. The van der Waals surface area contributed by atoms with Crippen LogP contribution in [0.25, 0.3) is 0 Å². The SMILES string of the molecule is NC(CCN1CCC(C(=O)c2ccccc2)CC1)(C(=O)Cc1ccc(Cl)c(Cl)c1)c1ccccc1. The lowest BCUT2D eigenvalue weighted by molar-refractivity contribution is -0.124. The molecule has 4 nitrogen and oxygen atoms in total. The Bertz CT molecular complexity index is 1160. The highest BCUT2D eigenvalue weighted by Gasteiger charge is 2.36. The zero-order chi connectivity index (χ0) is 24.8. The lowest BCUT2D eigenvalue weighted by Gasteiger charge is -2.35. The monoisotopic (exact) mass is 508 g/mol. The molecule has 4 rings (SSSR count). The van der Waals surface area contributed by atoms with Crippen molar-refractivity contribution in [3.63, 3.8) is 0 Å². The number of ketones is 2. The molecule has 6 heteroatoms.